The van der Waals surface area contributed by atoms with Crippen molar-refractivity contribution >= 4 is 6.09 Å². The molecule has 2 N–H and O–H groups in total. The van der Waals surface area contributed by atoms with Gasteiger partial charge in [0.25, 0.3) is 0 Å². The van der Waals surface area contributed by atoms with Crippen LogP contribution in [0.4, 0.5) is 4.79 Å². The van der Waals surface area contributed by atoms with Crippen molar-refractivity contribution in [3.8, 4) is 5.75 Å². The van der Waals surface area contributed by atoms with Crippen molar-refractivity contribution in [2.45, 2.75) is 65.5 Å². The van der Waals surface area contributed by atoms with Crippen LogP contribution in [0.1, 0.15) is 53.0 Å². The van der Waals surface area contributed by atoms with Crippen molar-refractivity contribution < 1.29 is 14.6 Å². The van der Waals surface area contributed by atoms with E-state index in [0.29, 0.717) is 11.7 Å². The highest BCUT2D eigenvalue weighted by atomic mass is 16.6. The molecule has 0 bridgehead atoms. The standard InChI is InChI=1S/C18H29NO3/c1-13(12-15-8-10-16(20)11-9-15)6-7-14(2)19-17(21)22-18(3,4)5/h8-11,13-14,20H,6-7,12H2,1-5H3,(H,19,21). The molecule has 0 saturated heterocycles. The van der Waals surface area contributed by atoms with Gasteiger partial charge in [0.15, 0.2) is 0 Å². The van der Waals surface area contributed by atoms with Crippen molar-refractivity contribution in [3.63, 3.8) is 0 Å². The predicted octanol–water partition coefficient (Wildman–Crippen LogP) is 4.26. The second kappa shape index (κ2) is 8.06. The average molecular weight is 307 g/mol. The number of rotatable bonds is 6. The van der Waals surface area contributed by atoms with E-state index in [9.17, 15) is 9.90 Å². The molecule has 1 aromatic rings. The molecule has 22 heavy (non-hydrogen) atoms. The number of carbonyl (C=O) groups excluding carboxylic acids is 1. The third-order valence-corrected chi connectivity index (χ3v) is 3.38. The first-order valence-corrected chi connectivity index (χ1v) is 7.93. The Morgan fingerprint density at radius 3 is 2.32 bits per heavy atom. The molecule has 0 spiro atoms. The van der Waals surface area contributed by atoms with E-state index in [2.05, 4.69) is 12.2 Å². The number of benzene rings is 1. The van der Waals surface area contributed by atoms with Crippen molar-refractivity contribution in [1.82, 2.24) is 5.32 Å². The molecule has 4 nitrogen and oxygen atoms in total. The van der Waals surface area contributed by atoms with E-state index in [4.69, 9.17) is 4.74 Å². The first-order valence-electron chi connectivity index (χ1n) is 7.93. The maximum atomic E-state index is 11.7. The summed E-state index contributed by atoms with van der Waals surface area (Å²) in [7, 11) is 0. The molecule has 0 saturated carbocycles. The summed E-state index contributed by atoms with van der Waals surface area (Å²) in [5.41, 5.74) is 0.758. The van der Waals surface area contributed by atoms with E-state index < -0.39 is 5.60 Å². The summed E-state index contributed by atoms with van der Waals surface area (Å²) in [6.07, 6.45) is 2.56. The van der Waals surface area contributed by atoms with Gasteiger partial charge in [-0.1, -0.05) is 19.1 Å². The van der Waals surface area contributed by atoms with Crippen LogP contribution in [0.15, 0.2) is 24.3 Å². The van der Waals surface area contributed by atoms with Crippen LogP contribution >= 0.6 is 0 Å². The first-order chi connectivity index (χ1) is 10.2. The third-order valence-electron chi connectivity index (χ3n) is 3.38. The highest BCUT2D eigenvalue weighted by molar-refractivity contribution is 5.67. The Balaban J connectivity index is 2.29. The monoisotopic (exact) mass is 307 g/mol. The smallest absolute Gasteiger partial charge is 0.407 e. The minimum atomic E-state index is -0.462. The molecule has 0 radical (unpaired) electrons. The van der Waals surface area contributed by atoms with Crippen molar-refractivity contribution in [2.75, 3.05) is 0 Å². The van der Waals surface area contributed by atoms with Crippen LogP contribution in [0.25, 0.3) is 0 Å². The van der Waals surface area contributed by atoms with Crippen molar-refractivity contribution in [3.05, 3.63) is 29.8 Å². The van der Waals surface area contributed by atoms with Crippen LogP contribution in [0.5, 0.6) is 5.75 Å². The van der Waals surface area contributed by atoms with Gasteiger partial charge in [0.05, 0.1) is 0 Å². The number of carbonyl (C=O) groups is 1. The fourth-order valence-electron chi connectivity index (χ4n) is 2.25. The Bertz CT molecular complexity index is 462. The number of aromatic hydroxyl groups is 1. The van der Waals surface area contributed by atoms with Crippen LogP contribution in [-0.4, -0.2) is 22.8 Å². The molecule has 2 atom stereocenters. The molecular formula is C18H29NO3. The van der Waals surface area contributed by atoms with Crippen LogP contribution in [-0.2, 0) is 11.2 Å². The second-order valence-corrected chi connectivity index (χ2v) is 7.10. The summed E-state index contributed by atoms with van der Waals surface area (Å²) < 4.78 is 5.25. The van der Waals surface area contributed by atoms with E-state index in [1.807, 2.05) is 39.8 Å². The van der Waals surface area contributed by atoms with Gasteiger partial charge in [-0.25, -0.2) is 4.79 Å². The summed E-state index contributed by atoms with van der Waals surface area (Å²) in [5.74, 6) is 0.819. The summed E-state index contributed by atoms with van der Waals surface area (Å²) in [6, 6.07) is 7.43. The van der Waals surface area contributed by atoms with Gasteiger partial charge in [0.2, 0.25) is 0 Å². The number of hydrogen-bond donors (Lipinski definition) is 2. The number of nitrogens with one attached hydrogen (secondary N) is 1. The average Bonchev–Trinajstić information content (AvgIpc) is 2.37. The van der Waals surface area contributed by atoms with E-state index in [0.717, 1.165) is 19.3 Å². The molecule has 1 rings (SSSR count). The number of amides is 1. The summed E-state index contributed by atoms with van der Waals surface area (Å²) in [6.45, 7) is 9.77. The Labute approximate surface area is 133 Å². The van der Waals surface area contributed by atoms with E-state index >= 15 is 0 Å². The number of hydrogen-bond acceptors (Lipinski definition) is 3. The normalized spacial score (nSPS) is 14.2. The fourth-order valence-corrected chi connectivity index (χ4v) is 2.25. The molecule has 0 aliphatic heterocycles. The summed E-state index contributed by atoms with van der Waals surface area (Å²) in [5, 5.41) is 12.1. The highest BCUT2D eigenvalue weighted by Gasteiger charge is 2.17. The molecule has 0 heterocycles. The summed E-state index contributed by atoms with van der Waals surface area (Å²) >= 11 is 0. The summed E-state index contributed by atoms with van der Waals surface area (Å²) in [4.78, 5) is 11.7. The molecule has 0 fully saturated rings. The van der Waals surface area contributed by atoms with Gasteiger partial charge < -0.3 is 15.2 Å². The lowest BCUT2D eigenvalue weighted by Gasteiger charge is -2.22. The molecule has 2 unspecified atom stereocenters. The fraction of sp³-hybridized carbons (Fsp3) is 0.611. The minimum absolute atomic E-state index is 0.0946. The topological polar surface area (TPSA) is 58.6 Å². The Kier molecular flexibility index (Phi) is 6.72. The zero-order valence-corrected chi connectivity index (χ0v) is 14.3. The van der Waals surface area contributed by atoms with Gasteiger partial charge >= 0.3 is 6.09 Å². The van der Waals surface area contributed by atoms with E-state index in [1.54, 1.807) is 12.1 Å². The number of alkyl carbamates (subject to hydrolysis) is 1. The lowest BCUT2D eigenvalue weighted by Crippen LogP contribution is -2.37. The van der Waals surface area contributed by atoms with Gasteiger partial charge in [0.1, 0.15) is 11.4 Å². The molecule has 0 aliphatic carbocycles. The highest BCUT2D eigenvalue weighted by Crippen LogP contribution is 2.17. The van der Waals surface area contributed by atoms with Crippen LogP contribution in [0.3, 0.4) is 0 Å². The van der Waals surface area contributed by atoms with Gasteiger partial charge in [0, 0.05) is 6.04 Å². The zero-order valence-electron chi connectivity index (χ0n) is 14.3. The molecule has 124 valence electrons. The number of phenols is 1. The third kappa shape index (κ3) is 7.91. The van der Waals surface area contributed by atoms with E-state index in [1.165, 1.54) is 5.56 Å². The van der Waals surface area contributed by atoms with Gasteiger partial charge in [-0.3, -0.25) is 0 Å². The Hall–Kier alpha value is -1.71. The van der Waals surface area contributed by atoms with Crippen molar-refractivity contribution in [2.24, 2.45) is 5.92 Å². The predicted molar refractivity (Wildman–Crippen MR) is 89.0 cm³/mol. The second-order valence-electron chi connectivity index (χ2n) is 7.10. The molecule has 0 aliphatic rings. The SMILES string of the molecule is CC(CCC(C)NC(=O)OC(C)(C)C)Cc1ccc(O)cc1. The Morgan fingerprint density at radius 2 is 1.77 bits per heavy atom. The van der Waals surface area contributed by atoms with Crippen LogP contribution < -0.4 is 5.32 Å². The first kappa shape index (κ1) is 18.3. The van der Waals surface area contributed by atoms with Gasteiger partial charge in [-0.2, -0.15) is 0 Å². The van der Waals surface area contributed by atoms with Gasteiger partial charge in [-0.15, -0.1) is 0 Å². The molecule has 0 aromatic heterocycles. The molecule has 1 amide bonds. The number of phenolic OH excluding ortho intramolecular Hbond substituents is 1. The molecule has 1 aromatic carbocycles. The minimum Gasteiger partial charge on any atom is -0.508 e. The largest absolute Gasteiger partial charge is 0.508 e. The van der Waals surface area contributed by atoms with Crippen LogP contribution in [0, 0.1) is 5.92 Å². The number of ether oxygens (including phenoxy) is 1. The lowest BCUT2D eigenvalue weighted by molar-refractivity contribution is 0.0505. The quantitative estimate of drug-likeness (QED) is 0.825. The van der Waals surface area contributed by atoms with Gasteiger partial charge in [-0.05, 0) is 70.6 Å². The lowest BCUT2D eigenvalue weighted by atomic mass is 9.95. The van der Waals surface area contributed by atoms with Crippen molar-refractivity contribution in [1.29, 1.82) is 0 Å². The molecular weight excluding hydrogens is 278 g/mol. The maximum absolute atomic E-state index is 11.7. The zero-order chi connectivity index (χ0) is 16.8. The molecule has 4 heteroatoms. The maximum Gasteiger partial charge on any atom is 0.407 e. The van der Waals surface area contributed by atoms with E-state index in [-0.39, 0.29) is 12.1 Å². The van der Waals surface area contributed by atoms with Crippen LogP contribution in [0.2, 0.25) is 0 Å². The Morgan fingerprint density at radius 1 is 1.18 bits per heavy atom.